The van der Waals surface area contributed by atoms with Gasteiger partial charge in [-0.05, 0) is 17.3 Å². The molecule has 3 heteroatoms. The molecule has 2 aromatic rings. The zero-order chi connectivity index (χ0) is 17.2. The van der Waals surface area contributed by atoms with Crippen LogP contribution in [0, 0.1) is 0 Å². The minimum Gasteiger partial charge on any atom is -0.625 e. The molecule has 24 heavy (non-hydrogen) atoms. The third-order valence-electron chi connectivity index (χ3n) is 5.98. The SMILES string of the molecule is CCC1=C(c2ccccc2)[Si](C)(c2ccccc2)O[B-]1(CC)CC. The topological polar surface area (TPSA) is 9.23 Å². The average Bonchev–Trinajstić information content (AvgIpc) is 2.93. The Kier molecular flexibility index (Phi) is 4.84. The zero-order valence-electron chi connectivity index (χ0n) is 15.4. The number of hydrogen-bond acceptors (Lipinski definition) is 1. The summed E-state index contributed by atoms with van der Waals surface area (Å²) in [7, 11) is -2.19. The minimum absolute atomic E-state index is 0.880. The molecule has 0 saturated heterocycles. The molecule has 1 atom stereocenters. The number of rotatable bonds is 5. The maximum Gasteiger partial charge on any atom is 0.205 e. The first-order valence-electron chi connectivity index (χ1n) is 9.34. The van der Waals surface area contributed by atoms with E-state index < -0.39 is 14.7 Å². The van der Waals surface area contributed by atoms with Crippen molar-refractivity contribution in [2.45, 2.75) is 46.4 Å². The van der Waals surface area contributed by atoms with E-state index in [1.165, 1.54) is 15.9 Å². The van der Waals surface area contributed by atoms with Crippen molar-refractivity contribution >= 4 is 25.0 Å². The molecule has 2 aromatic carbocycles. The van der Waals surface area contributed by atoms with Crippen LogP contribution in [0.15, 0.2) is 66.1 Å². The Balaban J connectivity index is 2.29. The Labute approximate surface area is 147 Å². The lowest BCUT2D eigenvalue weighted by Gasteiger charge is -2.42. The zero-order valence-corrected chi connectivity index (χ0v) is 16.4. The number of allylic oxidation sites excluding steroid dienone is 1. The standard InChI is InChI=1S/C21H28BOSi/c1-5-20-21(18-14-10-8-11-15-18)24(4,19-16-12-9-13-17-19)23-22(20,6-2)7-3/h8-17H,5-7H2,1-4H3/q-1. The van der Waals surface area contributed by atoms with E-state index in [0.717, 1.165) is 19.1 Å². The monoisotopic (exact) mass is 335 g/mol. The van der Waals surface area contributed by atoms with Crippen molar-refractivity contribution in [1.82, 2.24) is 0 Å². The molecule has 1 unspecified atom stereocenters. The highest BCUT2D eigenvalue weighted by molar-refractivity contribution is 7.11. The van der Waals surface area contributed by atoms with Gasteiger partial charge in [-0.2, -0.15) is 12.6 Å². The van der Waals surface area contributed by atoms with Crippen LogP contribution in [0.1, 0.15) is 32.8 Å². The van der Waals surface area contributed by atoms with Crippen molar-refractivity contribution in [3.8, 4) is 0 Å². The first-order chi connectivity index (χ1) is 11.6. The van der Waals surface area contributed by atoms with E-state index in [2.05, 4.69) is 88.0 Å². The predicted molar refractivity (Wildman–Crippen MR) is 109 cm³/mol. The molecule has 3 rings (SSSR count). The summed E-state index contributed by atoms with van der Waals surface area (Å²) in [4.78, 5) is 0. The van der Waals surface area contributed by atoms with Gasteiger partial charge < -0.3 is 4.34 Å². The van der Waals surface area contributed by atoms with Crippen molar-refractivity contribution in [3.63, 3.8) is 0 Å². The van der Waals surface area contributed by atoms with E-state index in [0.29, 0.717) is 0 Å². The Bertz CT molecular complexity index is 722. The molecule has 0 aliphatic carbocycles. The fourth-order valence-corrected chi connectivity index (χ4v) is 9.20. The molecule has 0 N–H and O–H groups in total. The molecular weight excluding hydrogens is 307 g/mol. The first-order valence-corrected chi connectivity index (χ1v) is 11.7. The van der Waals surface area contributed by atoms with Crippen molar-refractivity contribution < 1.29 is 4.34 Å². The van der Waals surface area contributed by atoms with Crippen LogP contribution in [0.4, 0.5) is 0 Å². The summed E-state index contributed by atoms with van der Waals surface area (Å²) in [5, 5.41) is 2.92. The lowest BCUT2D eigenvalue weighted by atomic mass is 9.31. The largest absolute Gasteiger partial charge is 0.625 e. The van der Waals surface area contributed by atoms with Gasteiger partial charge in [0.05, 0.1) is 0 Å². The van der Waals surface area contributed by atoms with Crippen LogP contribution in [0.3, 0.4) is 0 Å². The van der Waals surface area contributed by atoms with Crippen LogP contribution < -0.4 is 5.19 Å². The molecule has 1 heterocycles. The molecule has 0 bridgehead atoms. The van der Waals surface area contributed by atoms with E-state index in [9.17, 15) is 0 Å². The van der Waals surface area contributed by atoms with Crippen LogP contribution in [-0.4, -0.2) is 14.7 Å². The van der Waals surface area contributed by atoms with Crippen LogP contribution >= 0.6 is 0 Å². The molecular formula is C21H28BOSi-. The van der Waals surface area contributed by atoms with Crippen molar-refractivity contribution in [2.24, 2.45) is 0 Å². The third-order valence-corrected chi connectivity index (χ3v) is 9.90. The van der Waals surface area contributed by atoms with Gasteiger partial charge in [-0.15, -0.1) is 0 Å². The molecule has 0 saturated carbocycles. The third kappa shape index (κ3) is 2.60. The summed E-state index contributed by atoms with van der Waals surface area (Å²) in [6, 6.07) is 21.9. The Hall–Kier alpha value is -1.58. The highest BCUT2D eigenvalue weighted by Gasteiger charge is 2.47. The molecule has 0 fully saturated rings. The van der Waals surface area contributed by atoms with Crippen molar-refractivity contribution in [3.05, 3.63) is 71.7 Å². The van der Waals surface area contributed by atoms with Crippen molar-refractivity contribution in [1.29, 1.82) is 0 Å². The summed E-state index contributed by atoms with van der Waals surface area (Å²) in [6.45, 7) is 9.30. The van der Waals surface area contributed by atoms with Gasteiger partial charge in [0.2, 0.25) is 8.32 Å². The Morgan fingerprint density at radius 2 is 1.38 bits per heavy atom. The molecule has 1 aliphatic rings. The maximum absolute atomic E-state index is 7.12. The second kappa shape index (κ2) is 6.73. The summed E-state index contributed by atoms with van der Waals surface area (Å²) in [6.07, 6.45) is 2.41. The summed E-state index contributed by atoms with van der Waals surface area (Å²) in [5.41, 5.74) is 2.95. The van der Waals surface area contributed by atoms with Gasteiger partial charge in [-0.1, -0.05) is 93.1 Å². The first kappa shape index (κ1) is 17.3. The van der Waals surface area contributed by atoms with E-state index in [1.807, 2.05) is 0 Å². The molecule has 0 aromatic heterocycles. The molecule has 0 radical (unpaired) electrons. The smallest absolute Gasteiger partial charge is 0.205 e. The van der Waals surface area contributed by atoms with E-state index in [4.69, 9.17) is 4.34 Å². The van der Waals surface area contributed by atoms with E-state index >= 15 is 0 Å². The van der Waals surface area contributed by atoms with Crippen LogP contribution in [0.2, 0.25) is 19.2 Å². The highest BCUT2D eigenvalue weighted by atomic mass is 28.4. The Morgan fingerprint density at radius 3 is 1.88 bits per heavy atom. The average molecular weight is 335 g/mol. The van der Waals surface area contributed by atoms with E-state index in [1.54, 1.807) is 5.47 Å². The van der Waals surface area contributed by atoms with Gasteiger partial charge >= 0.3 is 0 Å². The summed E-state index contributed by atoms with van der Waals surface area (Å²) >= 11 is 0. The summed E-state index contributed by atoms with van der Waals surface area (Å²) in [5.74, 6) is 0. The fraction of sp³-hybridized carbons (Fsp3) is 0.333. The fourth-order valence-electron chi connectivity index (χ4n) is 4.68. The Morgan fingerprint density at radius 1 is 0.833 bits per heavy atom. The molecule has 0 amide bonds. The number of benzene rings is 2. The second-order valence-electron chi connectivity index (χ2n) is 7.10. The molecule has 126 valence electrons. The van der Waals surface area contributed by atoms with Crippen LogP contribution in [0.25, 0.3) is 5.20 Å². The predicted octanol–water partition coefficient (Wildman–Crippen LogP) is 5.43. The van der Waals surface area contributed by atoms with Crippen molar-refractivity contribution in [2.75, 3.05) is 0 Å². The lowest BCUT2D eigenvalue weighted by Crippen LogP contribution is -2.52. The second-order valence-corrected chi connectivity index (χ2v) is 10.5. The normalized spacial score (nSPS) is 22.8. The van der Waals surface area contributed by atoms with Gasteiger partial charge in [0.25, 0.3) is 0 Å². The van der Waals surface area contributed by atoms with Crippen LogP contribution in [0.5, 0.6) is 0 Å². The molecule has 1 aliphatic heterocycles. The van der Waals surface area contributed by atoms with Gasteiger partial charge in [-0.3, -0.25) is 0 Å². The van der Waals surface area contributed by atoms with Gasteiger partial charge in [-0.25, -0.2) is 5.47 Å². The van der Waals surface area contributed by atoms with Gasteiger partial charge in [0.15, 0.2) is 0 Å². The van der Waals surface area contributed by atoms with E-state index in [-0.39, 0.29) is 0 Å². The maximum atomic E-state index is 7.12. The van der Waals surface area contributed by atoms with Crippen LogP contribution in [-0.2, 0) is 4.34 Å². The quantitative estimate of drug-likeness (QED) is 0.662. The van der Waals surface area contributed by atoms with Gasteiger partial charge in [0.1, 0.15) is 6.35 Å². The number of hydrogen-bond donors (Lipinski definition) is 0. The minimum atomic E-state index is -2.19. The summed E-state index contributed by atoms with van der Waals surface area (Å²) < 4.78 is 7.12. The lowest BCUT2D eigenvalue weighted by molar-refractivity contribution is 0.565. The molecule has 1 nitrogen and oxygen atoms in total. The molecule has 0 spiro atoms. The highest BCUT2D eigenvalue weighted by Crippen LogP contribution is 2.47. The van der Waals surface area contributed by atoms with Gasteiger partial charge in [0, 0.05) is 0 Å².